The second kappa shape index (κ2) is 10.5. The average molecular weight is 368 g/mol. The molecule has 0 spiro atoms. The van der Waals surface area contributed by atoms with Crippen LogP contribution >= 0.6 is 0 Å². The van der Waals surface area contributed by atoms with E-state index < -0.39 is 0 Å². The van der Waals surface area contributed by atoms with Crippen molar-refractivity contribution in [2.24, 2.45) is 0 Å². The highest BCUT2D eigenvalue weighted by Gasteiger charge is 2.17. The van der Waals surface area contributed by atoms with Gasteiger partial charge in [0.05, 0.1) is 12.7 Å². The van der Waals surface area contributed by atoms with Crippen LogP contribution in [-0.2, 0) is 11.3 Å². The molecule has 0 amide bonds. The molecule has 1 unspecified atom stereocenters. The number of nitrogens with one attached hydrogen (secondary N) is 1. The molecule has 1 heterocycles. The van der Waals surface area contributed by atoms with Crippen molar-refractivity contribution in [3.8, 4) is 0 Å². The summed E-state index contributed by atoms with van der Waals surface area (Å²) in [5.41, 5.74) is 3.86. The standard InChI is InChI=1S/C23H33N3O/c1-24-14-13-23(20-9-4-3-5-10-20)27-19-21-11-6-7-12-22(21)26-16-8-15-25(2)17-18-26/h3-7,9-12,23-24H,8,13-19H2,1-2H3. The fourth-order valence-corrected chi connectivity index (χ4v) is 3.71. The second-order valence-electron chi connectivity index (χ2n) is 7.38. The summed E-state index contributed by atoms with van der Waals surface area (Å²) in [6, 6.07) is 19.3. The molecule has 146 valence electrons. The molecule has 0 bridgehead atoms. The zero-order valence-corrected chi connectivity index (χ0v) is 16.7. The summed E-state index contributed by atoms with van der Waals surface area (Å²) in [5, 5.41) is 3.25. The maximum atomic E-state index is 6.42. The van der Waals surface area contributed by atoms with Gasteiger partial charge in [0.2, 0.25) is 0 Å². The van der Waals surface area contributed by atoms with E-state index in [2.05, 4.69) is 76.8 Å². The van der Waals surface area contributed by atoms with E-state index in [1.165, 1.54) is 29.8 Å². The lowest BCUT2D eigenvalue weighted by molar-refractivity contribution is 0.0346. The van der Waals surface area contributed by atoms with Crippen LogP contribution in [0.5, 0.6) is 0 Å². The van der Waals surface area contributed by atoms with Crippen LogP contribution in [0.2, 0.25) is 0 Å². The molecule has 0 aliphatic carbocycles. The molecule has 1 saturated heterocycles. The first-order valence-corrected chi connectivity index (χ1v) is 10.1. The molecule has 2 aromatic rings. The van der Waals surface area contributed by atoms with Crippen molar-refractivity contribution in [2.75, 3.05) is 51.7 Å². The number of rotatable bonds is 8. The van der Waals surface area contributed by atoms with Crippen molar-refractivity contribution in [3.05, 3.63) is 65.7 Å². The third-order valence-corrected chi connectivity index (χ3v) is 5.32. The van der Waals surface area contributed by atoms with Gasteiger partial charge in [-0.15, -0.1) is 0 Å². The van der Waals surface area contributed by atoms with E-state index in [0.717, 1.165) is 32.6 Å². The topological polar surface area (TPSA) is 27.7 Å². The summed E-state index contributed by atoms with van der Waals surface area (Å²) in [4.78, 5) is 4.94. The zero-order chi connectivity index (χ0) is 18.9. The summed E-state index contributed by atoms with van der Waals surface area (Å²) in [5.74, 6) is 0. The molecule has 1 aliphatic rings. The minimum Gasteiger partial charge on any atom is -0.370 e. The predicted octanol–water partition coefficient (Wildman–Crippen LogP) is 3.70. The van der Waals surface area contributed by atoms with Crippen LogP contribution in [0.1, 0.15) is 30.1 Å². The van der Waals surface area contributed by atoms with E-state index >= 15 is 0 Å². The lowest BCUT2D eigenvalue weighted by Crippen LogP contribution is -2.29. The van der Waals surface area contributed by atoms with Crippen LogP contribution in [-0.4, -0.2) is 51.7 Å². The molecule has 27 heavy (non-hydrogen) atoms. The van der Waals surface area contributed by atoms with Crippen LogP contribution in [0.4, 0.5) is 5.69 Å². The van der Waals surface area contributed by atoms with Crippen LogP contribution in [0, 0.1) is 0 Å². The summed E-state index contributed by atoms with van der Waals surface area (Å²) in [6.07, 6.45) is 2.29. The number of hydrogen-bond donors (Lipinski definition) is 1. The number of nitrogens with zero attached hydrogens (tertiary/aromatic N) is 2. The van der Waals surface area contributed by atoms with Gasteiger partial charge in [0.25, 0.3) is 0 Å². The molecule has 1 aliphatic heterocycles. The van der Waals surface area contributed by atoms with E-state index in [1.807, 2.05) is 7.05 Å². The smallest absolute Gasteiger partial charge is 0.0841 e. The molecule has 1 N–H and O–H groups in total. The zero-order valence-electron chi connectivity index (χ0n) is 16.7. The van der Waals surface area contributed by atoms with Gasteiger partial charge >= 0.3 is 0 Å². The van der Waals surface area contributed by atoms with Gasteiger partial charge in [-0.3, -0.25) is 0 Å². The van der Waals surface area contributed by atoms with Gasteiger partial charge in [-0.1, -0.05) is 48.5 Å². The minimum absolute atomic E-state index is 0.113. The number of hydrogen-bond acceptors (Lipinski definition) is 4. The van der Waals surface area contributed by atoms with Crippen LogP contribution in [0.15, 0.2) is 54.6 Å². The Morgan fingerprint density at radius 1 is 0.963 bits per heavy atom. The van der Waals surface area contributed by atoms with Crippen LogP contribution < -0.4 is 10.2 Å². The fourth-order valence-electron chi connectivity index (χ4n) is 3.71. The Hall–Kier alpha value is -1.88. The van der Waals surface area contributed by atoms with Gasteiger partial charge < -0.3 is 19.9 Å². The molecule has 1 fully saturated rings. The van der Waals surface area contributed by atoms with Gasteiger partial charge in [0.1, 0.15) is 0 Å². The molecule has 2 aromatic carbocycles. The molecule has 1 atom stereocenters. The Labute approximate surface area is 164 Å². The minimum atomic E-state index is 0.113. The Balaban J connectivity index is 1.70. The monoisotopic (exact) mass is 367 g/mol. The van der Waals surface area contributed by atoms with Gasteiger partial charge in [0.15, 0.2) is 0 Å². The highest BCUT2D eigenvalue weighted by molar-refractivity contribution is 5.53. The average Bonchev–Trinajstić information content (AvgIpc) is 2.93. The van der Waals surface area contributed by atoms with Crippen LogP contribution in [0.3, 0.4) is 0 Å². The van der Waals surface area contributed by atoms with Gasteiger partial charge in [-0.05, 0) is 51.7 Å². The third kappa shape index (κ3) is 5.80. The Bertz CT molecular complexity index is 676. The summed E-state index contributed by atoms with van der Waals surface area (Å²) < 4.78 is 6.42. The van der Waals surface area contributed by atoms with E-state index in [-0.39, 0.29) is 6.10 Å². The Morgan fingerprint density at radius 3 is 2.56 bits per heavy atom. The Kier molecular flexibility index (Phi) is 7.69. The highest BCUT2D eigenvalue weighted by atomic mass is 16.5. The quantitative estimate of drug-likeness (QED) is 0.770. The summed E-state index contributed by atoms with van der Waals surface area (Å²) >= 11 is 0. The van der Waals surface area contributed by atoms with Crippen molar-refractivity contribution in [1.29, 1.82) is 0 Å². The third-order valence-electron chi connectivity index (χ3n) is 5.32. The summed E-state index contributed by atoms with van der Waals surface area (Å²) in [7, 11) is 4.21. The molecular weight excluding hydrogens is 334 g/mol. The first-order valence-electron chi connectivity index (χ1n) is 10.1. The van der Waals surface area contributed by atoms with E-state index in [0.29, 0.717) is 6.61 Å². The maximum Gasteiger partial charge on any atom is 0.0841 e. The number of ether oxygens (including phenoxy) is 1. The molecule has 0 aromatic heterocycles. The fraction of sp³-hybridized carbons (Fsp3) is 0.478. The van der Waals surface area contributed by atoms with E-state index in [9.17, 15) is 0 Å². The lowest BCUT2D eigenvalue weighted by atomic mass is 10.1. The second-order valence-corrected chi connectivity index (χ2v) is 7.38. The van der Waals surface area contributed by atoms with Crippen molar-refractivity contribution >= 4 is 5.69 Å². The lowest BCUT2D eigenvalue weighted by Gasteiger charge is -2.26. The van der Waals surface area contributed by atoms with Crippen LogP contribution in [0.25, 0.3) is 0 Å². The maximum absolute atomic E-state index is 6.42. The van der Waals surface area contributed by atoms with Crippen molar-refractivity contribution in [3.63, 3.8) is 0 Å². The number of likely N-dealkylation sites (N-methyl/N-ethyl adjacent to an activating group) is 1. The van der Waals surface area contributed by atoms with E-state index in [4.69, 9.17) is 4.74 Å². The molecule has 0 saturated carbocycles. The molecule has 0 radical (unpaired) electrons. The normalized spacial score (nSPS) is 16.9. The molecule has 4 heteroatoms. The van der Waals surface area contributed by atoms with Crippen molar-refractivity contribution in [1.82, 2.24) is 10.2 Å². The van der Waals surface area contributed by atoms with Crippen molar-refractivity contribution in [2.45, 2.75) is 25.6 Å². The Morgan fingerprint density at radius 2 is 1.74 bits per heavy atom. The predicted molar refractivity (Wildman–Crippen MR) is 113 cm³/mol. The van der Waals surface area contributed by atoms with Gasteiger partial charge in [-0.25, -0.2) is 0 Å². The largest absolute Gasteiger partial charge is 0.370 e. The molecular formula is C23H33N3O. The van der Waals surface area contributed by atoms with Gasteiger partial charge in [-0.2, -0.15) is 0 Å². The molecule has 4 nitrogen and oxygen atoms in total. The van der Waals surface area contributed by atoms with Crippen molar-refractivity contribution < 1.29 is 4.74 Å². The highest BCUT2D eigenvalue weighted by Crippen LogP contribution is 2.27. The summed E-state index contributed by atoms with van der Waals surface area (Å²) in [6.45, 7) is 6.07. The van der Waals surface area contributed by atoms with E-state index in [1.54, 1.807) is 0 Å². The number of benzene rings is 2. The molecule has 3 rings (SSSR count). The number of para-hydroxylation sites is 1. The first-order chi connectivity index (χ1) is 13.3. The first kappa shape index (κ1) is 19.9. The number of anilines is 1. The SMILES string of the molecule is CNCCC(OCc1ccccc1N1CCCN(C)CC1)c1ccccc1. The van der Waals surface area contributed by atoms with Gasteiger partial charge in [0, 0.05) is 30.9 Å².